The number of hydrogen-bond acceptors (Lipinski definition) is 4. The number of carbonyl (C=O) groups is 1. The lowest BCUT2D eigenvalue weighted by Crippen LogP contribution is -2.50. The van der Waals surface area contributed by atoms with Crippen LogP contribution in [0.15, 0.2) is 15.9 Å². The average molecular weight is 333 g/mol. The summed E-state index contributed by atoms with van der Waals surface area (Å²) in [5, 5.41) is 11.4. The predicted molar refractivity (Wildman–Crippen MR) is 75.6 cm³/mol. The van der Waals surface area contributed by atoms with Crippen molar-refractivity contribution in [3.05, 3.63) is 20.8 Å². The van der Waals surface area contributed by atoms with Gasteiger partial charge in [0, 0.05) is 47.5 Å². The molecular weight excluding hydrogens is 316 g/mol. The monoisotopic (exact) mass is 332 g/mol. The highest BCUT2D eigenvalue weighted by Gasteiger charge is 2.23. The third-order valence-electron chi connectivity index (χ3n) is 3.04. The van der Waals surface area contributed by atoms with E-state index in [1.165, 1.54) is 11.8 Å². The second-order valence-electron chi connectivity index (χ2n) is 4.51. The lowest BCUT2D eigenvalue weighted by Gasteiger charge is -2.35. The van der Waals surface area contributed by atoms with Crippen LogP contribution in [0.3, 0.4) is 0 Å². The Hall–Kier alpha value is -0.430. The van der Waals surface area contributed by atoms with Crippen molar-refractivity contribution in [2.45, 2.75) is 19.6 Å². The molecule has 18 heavy (non-hydrogen) atoms. The molecule has 100 valence electrons. The zero-order chi connectivity index (χ0) is 13.1. The van der Waals surface area contributed by atoms with Gasteiger partial charge < -0.3 is 10.0 Å². The number of carbonyl (C=O) groups excluding carboxylic acids is 1. The molecule has 6 heteroatoms. The largest absolute Gasteiger partial charge is 0.384 e. The van der Waals surface area contributed by atoms with Gasteiger partial charge in [-0.2, -0.15) is 0 Å². The molecular formula is C12H17BrN2O2S. The number of aliphatic hydroxyl groups is 1. The van der Waals surface area contributed by atoms with Crippen molar-refractivity contribution in [1.82, 2.24) is 9.80 Å². The van der Waals surface area contributed by atoms with Crippen LogP contribution < -0.4 is 0 Å². The van der Waals surface area contributed by atoms with Gasteiger partial charge in [0.2, 0.25) is 0 Å². The first-order chi connectivity index (χ1) is 8.56. The number of halogens is 1. The Labute approximate surface area is 119 Å². The number of thiophene rings is 1. The number of nitrogens with zero attached hydrogens (tertiary/aromatic N) is 2. The zero-order valence-corrected chi connectivity index (χ0v) is 12.7. The molecule has 0 bridgehead atoms. The van der Waals surface area contributed by atoms with E-state index in [1.807, 2.05) is 0 Å². The van der Waals surface area contributed by atoms with E-state index in [-0.39, 0.29) is 5.91 Å². The van der Waals surface area contributed by atoms with Gasteiger partial charge in [-0.3, -0.25) is 9.69 Å². The Kier molecular flexibility index (Phi) is 4.77. The van der Waals surface area contributed by atoms with Crippen molar-refractivity contribution in [3.63, 3.8) is 0 Å². The lowest BCUT2D eigenvalue weighted by molar-refractivity contribution is -0.141. The minimum atomic E-state index is -0.884. The molecule has 1 N–H and O–H groups in total. The first-order valence-electron chi connectivity index (χ1n) is 5.98. The van der Waals surface area contributed by atoms with E-state index in [1.54, 1.807) is 16.2 Å². The van der Waals surface area contributed by atoms with Crippen molar-refractivity contribution < 1.29 is 9.90 Å². The molecule has 0 spiro atoms. The van der Waals surface area contributed by atoms with Crippen LogP contribution in [0, 0.1) is 0 Å². The molecule has 0 unspecified atom stereocenters. The van der Waals surface area contributed by atoms with Gasteiger partial charge in [-0.05, 0) is 28.9 Å². The minimum Gasteiger partial charge on any atom is -0.384 e. The van der Waals surface area contributed by atoms with Crippen molar-refractivity contribution in [2.75, 3.05) is 26.2 Å². The van der Waals surface area contributed by atoms with Gasteiger partial charge in [0.05, 0.1) is 0 Å². The van der Waals surface area contributed by atoms with E-state index >= 15 is 0 Å². The third-order valence-corrected chi connectivity index (χ3v) is 4.72. The summed E-state index contributed by atoms with van der Waals surface area (Å²) in [5.74, 6) is -0.159. The van der Waals surface area contributed by atoms with Crippen LogP contribution in [-0.4, -0.2) is 53.1 Å². The van der Waals surface area contributed by atoms with Crippen LogP contribution >= 0.6 is 27.3 Å². The predicted octanol–water partition coefficient (Wildman–Crippen LogP) is 1.54. The maximum atomic E-state index is 11.6. The summed E-state index contributed by atoms with van der Waals surface area (Å²) in [6.45, 7) is 5.61. The summed E-state index contributed by atoms with van der Waals surface area (Å²) in [6.07, 6.45) is -0.884. The van der Waals surface area contributed by atoms with Crippen LogP contribution in [-0.2, 0) is 11.3 Å². The van der Waals surface area contributed by atoms with Crippen molar-refractivity contribution in [3.8, 4) is 0 Å². The van der Waals surface area contributed by atoms with Crippen LogP contribution in [0.2, 0.25) is 0 Å². The van der Waals surface area contributed by atoms with Gasteiger partial charge in [-0.15, -0.1) is 11.3 Å². The van der Waals surface area contributed by atoms with Crippen molar-refractivity contribution in [1.29, 1.82) is 0 Å². The fourth-order valence-corrected chi connectivity index (χ4v) is 3.54. The summed E-state index contributed by atoms with van der Waals surface area (Å²) in [5.41, 5.74) is 0. The van der Waals surface area contributed by atoms with Crippen LogP contribution in [0.1, 0.15) is 11.8 Å². The fraction of sp³-hybridized carbons (Fsp3) is 0.583. The maximum Gasteiger partial charge on any atom is 0.251 e. The number of amides is 1. The molecule has 0 aromatic carbocycles. The Morgan fingerprint density at radius 1 is 1.50 bits per heavy atom. The van der Waals surface area contributed by atoms with Crippen molar-refractivity contribution >= 4 is 33.2 Å². The van der Waals surface area contributed by atoms with Crippen LogP contribution in [0.5, 0.6) is 0 Å². The first-order valence-corrected chi connectivity index (χ1v) is 7.65. The molecule has 1 fully saturated rings. The van der Waals surface area contributed by atoms with Crippen molar-refractivity contribution in [2.24, 2.45) is 0 Å². The van der Waals surface area contributed by atoms with Crippen LogP contribution in [0.25, 0.3) is 0 Å². The third kappa shape index (κ3) is 3.54. The van der Waals surface area contributed by atoms with Gasteiger partial charge in [0.25, 0.3) is 5.91 Å². The SMILES string of the molecule is C[C@H](O)C(=O)N1CCN(Cc2cc(Br)cs2)CC1. The van der Waals surface area contributed by atoms with E-state index in [4.69, 9.17) is 0 Å². The Bertz CT molecular complexity index is 414. The fourth-order valence-electron chi connectivity index (χ4n) is 2.05. The molecule has 4 nitrogen and oxygen atoms in total. The Balaban J connectivity index is 1.82. The zero-order valence-electron chi connectivity index (χ0n) is 10.3. The molecule has 2 rings (SSSR count). The molecule has 1 amide bonds. The molecule has 1 saturated heterocycles. The maximum absolute atomic E-state index is 11.6. The van der Waals surface area contributed by atoms with E-state index < -0.39 is 6.10 Å². The average Bonchev–Trinajstić information content (AvgIpc) is 2.75. The first kappa shape index (κ1) is 14.0. The summed E-state index contributed by atoms with van der Waals surface area (Å²) in [6, 6.07) is 2.14. The smallest absolute Gasteiger partial charge is 0.251 e. The quantitative estimate of drug-likeness (QED) is 0.913. The normalized spacial score (nSPS) is 18.9. The second-order valence-corrected chi connectivity index (χ2v) is 6.42. The van der Waals surface area contributed by atoms with Crippen LogP contribution in [0.4, 0.5) is 0 Å². The van der Waals surface area contributed by atoms with E-state index in [9.17, 15) is 9.90 Å². The van der Waals surface area contributed by atoms with Gasteiger partial charge in [-0.1, -0.05) is 0 Å². The second kappa shape index (κ2) is 6.14. The van der Waals surface area contributed by atoms with Gasteiger partial charge >= 0.3 is 0 Å². The number of rotatable bonds is 3. The highest BCUT2D eigenvalue weighted by atomic mass is 79.9. The highest BCUT2D eigenvalue weighted by Crippen LogP contribution is 2.21. The summed E-state index contributed by atoms with van der Waals surface area (Å²) < 4.78 is 1.13. The van der Waals surface area contributed by atoms with Gasteiger partial charge in [0.1, 0.15) is 6.10 Å². The van der Waals surface area contributed by atoms with Gasteiger partial charge in [0.15, 0.2) is 0 Å². The molecule has 1 aliphatic heterocycles. The summed E-state index contributed by atoms with van der Waals surface area (Å²) in [7, 11) is 0. The molecule has 0 aliphatic carbocycles. The summed E-state index contributed by atoms with van der Waals surface area (Å²) >= 11 is 5.20. The standard InChI is InChI=1S/C12H17BrN2O2S/c1-9(16)12(17)15-4-2-14(3-5-15)7-11-6-10(13)8-18-11/h6,8-9,16H,2-5,7H2,1H3/t9-/m0/s1. The Morgan fingerprint density at radius 2 is 2.17 bits per heavy atom. The topological polar surface area (TPSA) is 43.8 Å². The summed E-state index contributed by atoms with van der Waals surface area (Å²) in [4.78, 5) is 17.0. The number of hydrogen-bond donors (Lipinski definition) is 1. The van der Waals surface area contributed by atoms with E-state index in [0.29, 0.717) is 13.1 Å². The van der Waals surface area contributed by atoms with Gasteiger partial charge in [-0.25, -0.2) is 0 Å². The molecule has 1 atom stereocenters. The number of aliphatic hydroxyl groups excluding tert-OH is 1. The lowest BCUT2D eigenvalue weighted by atomic mass is 10.2. The highest BCUT2D eigenvalue weighted by molar-refractivity contribution is 9.10. The molecule has 1 aromatic heterocycles. The molecule has 2 heterocycles. The molecule has 0 saturated carbocycles. The molecule has 1 aliphatic rings. The van der Waals surface area contributed by atoms with E-state index in [2.05, 4.69) is 32.3 Å². The Morgan fingerprint density at radius 3 is 2.67 bits per heavy atom. The van der Waals surface area contributed by atoms with E-state index in [0.717, 1.165) is 24.1 Å². The molecule has 0 radical (unpaired) electrons. The number of piperazine rings is 1. The molecule has 1 aromatic rings. The minimum absolute atomic E-state index is 0.159.